The quantitative estimate of drug-likeness (QED) is 0.814. The highest BCUT2D eigenvalue weighted by atomic mass is 32.2. The molecule has 2 aliphatic rings. The molecular weight excluding hydrogens is 248 g/mol. The highest BCUT2D eigenvalue weighted by Gasteiger charge is 2.27. The number of anilines is 1. The Hall–Kier alpha value is -1.10. The van der Waals surface area contributed by atoms with Gasteiger partial charge in [-0.05, 0) is 31.4 Å². The van der Waals surface area contributed by atoms with Gasteiger partial charge in [0.05, 0.1) is 23.4 Å². The van der Waals surface area contributed by atoms with Crippen molar-refractivity contribution in [1.82, 2.24) is 4.98 Å². The molecule has 1 saturated heterocycles. The summed E-state index contributed by atoms with van der Waals surface area (Å²) >= 11 is 0. The van der Waals surface area contributed by atoms with Crippen LogP contribution in [-0.2, 0) is 9.84 Å². The van der Waals surface area contributed by atoms with E-state index in [0.29, 0.717) is 19.0 Å². The van der Waals surface area contributed by atoms with E-state index in [1.54, 1.807) is 0 Å². The van der Waals surface area contributed by atoms with Gasteiger partial charge in [-0.3, -0.25) is 4.98 Å². The van der Waals surface area contributed by atoms with Crippen LogP contribution in [0.3, 0.4) is 0 Å². The van der Waals surface area contributed by atoms with Gasteiger partial charge in [-0.15, -0.1) is 0 Å². The van der Waals surface area contributed by atoms with Crippen LogP contribution in [0, 0.1) is 6.92 Å². The molecule has 5 heteroatoms. The molecule has 3 rings (SSSR count). The maximum Gasteiger partial charge on any atom is 0.153 e. The van der Waals surface area contributed by atoms with E-state index in [2.05, 4.69) is 22.9 Å². The minimum Gasteiger partial charge on any atom is -0.368 e. The molecule has 1 aromatic heterocycles. The lowest BCUT2D eigenvalue weighted by atomic mass is 10.1. The minimum atomic E-state index is -2.81. The van der Waals surface area contributed by atoms with Crippen LogP contribution < -0.4 is 4.90 Å². The molecule has 0 N–H and O–H groups in total. The first-order chi connectivity index (χ1) is 8.55. The predicted molar refractivity (Wildman–Crippen MR) is 71.8 cm³/mol. The standard InChI is InChI=1S/C13H18N2O2S/c1-10-8-12(9-14-13(10)11-2-3-11)15-4-6-18(16,17)7-5-15/h8-9,11H,2-7H2,1H3. The van der Waals surface area contributed by atoms with E-state index in [0.717, 1.165) is 5.69 Å². The Kier molecular flexibility index (Phi) is 2.81. The summed E-state index contributed by atoms with van der Waals surface area (Å²) in [6.07, 6.45) is 4.42. The SMILES string of the molecule is Cc1cc(N2CCS(=O)(=O)CC2)cnc1C1CC1. The van der Waals surface area contributed by atoms with Gasteiger partial charge in [0.15, 0.2) is 9.84 Å². The molecule has 2 fully saturated rings. The average Bonchev–Trinajstić information content (AvgIpc) is 3.13. The van der Waals surface area contributed by atoms with Crippen molar-refractivity contribution in [3.63, 3.8) is 0 Å². The van der Waals surface area contributed by atoms with E-state index in [9.17, 15) is 8.42 Å². The average molecular weight is 266 g/mol. The Morgan fingerprint density at radius 1 is 1.28 bits per heavy atom. The molecule has 0 atom stereocenters. The zero-order chi connectivity index (χ0) is 12.8. The third kappa shape index (κ3) is 2.36. The largest absolute Gasteiger partial charge is 0.368 e. The number of sulfone groups is 1. The summed E-state index contributed by atoms with van der Waals surface area (Å²) < 4.78 is 22.8. The van der Waals surface area contributed by atoms with Crippen LogP contribution in [-0.4, -0.2) is 38.0 Å². The van der Waals surface area contributed by atoms with Gasteiger partial charge in [0.1, 0.15) is 0 Å². The second-order valence-corrected chi connectivity index (χ2v) is 7.61. The topological polar surface area (TPSA) is 50.3 Å². The number of pyridine rings is 1. The van der Waals surface area contributed by atoms with Gasteiger partial charge in [0.25, 0.3) is 0 Å². The number of aromatic nitrogens is 1. The number of rotatable bonds is 2. The van der Waals surface area contributed by atoms with Crippen LogP contribution in [0.1, 0.15) is 30.0 Å². The Morgan fingerprint density at radius 3 is 2.50 bits per heavy atom. The zero-order valence-corrected chi connectivity index (χ0v) is 11.4. The van der Waals surface area contributed by atoms with Gasteiger partial charge in [-0.1, -0.05) is 0 Å². The number of nitrogens with zero attached hydrogens (tertiary/aromatic N) is 2. The van der Waals surface area contributed by atoms with Crippen molar-refractivity contribution in [2.24, 2.45) is 0 Å². The Morgan fingerprint density at radius 2 is 1.94 bits per heavy atom. The fourth-order valence-corrected chi connectivity index (χ4v) is 3.70. The number of hydrogen-bond acceptors (Lipinski definition) is 4. The third-order valence-electron chi connectivity index (χ3n) is 3.78. The summed E-state index contributed by atoms with van der Waals surface area (Å²) in [5.74, 6) is 1.19. The maximum atomic E-state index is 11.4. The van der Waals surface area contributed by atoms with Gasteiger partial charge >= 0.3 is 0 Å². The normalized spacial score (nSPS) is 23.1. The smallest absolute Gasteiger partial charge is 0.153 e. The van der Waals surface area contributed by atoms with Crippen LogP contribution in [0.4, 0.5) is 5.69 Å². The number of aryl methyl sites for hydroxylation is 1. The fraction of sp³-hybridized carbons (Fsp3) is 0.615. The first-order valence-electron chi connectivity index (χ1n) is 6.47. The van der Waals surface area contributed by atoms with Crippen molar-refractivity contribution in [1.29, 1.82) is 0 Å². The van der Waals surface area contributed by atoms with Crippen LogP contribution in [0.25, 0.3) is 0 Å². The van der Waals surface area contributed by atoms with Crippen molar-refractivity contribution in [2.75, 3.05) is 29.5 Å². The molecule has 0 aromatic carbocycles. The Balaban J connectivity index is 1.78. The molecule has 1 aliphatic carbocycles. The highest BCUT2D eigenvalue weighted by Crippen LogP contribution is 2.40. The van der Waals surface area contributed by atoms with E-state index in [1.807, 2.05) is 6.20 Å². The van der Waals surface area contributed by atoms with E-state index in [1.165, 1.54) is 24.1 Å². The van der Waals surface area contributed by atoms with Crippen LogP contribution >= 0.6 is 0 Å². The van der Waals surface area contributed by atoms with Gasteiger partial charge < -0.3 is 4.90 Å². The van der Waals surface area contributed by atoms with Crippen molar-refractivity contribution < 1.29 is 8.42 Å². The molecule has 1 saturated carbocycles. The summed E-state index contributed by atoms with van der Waals surface area (Å²) in [6, 6.07) is 2.15. The van der Waals surface area contributed by atoms with Gasteiger partial charge in [-0.25, -0.2) is 8.42 Å². The molecule has 0 unspecified atom stereocenters. The molecule has 1 aliphatic heterocycles. The fourth-order valence-electron chi connectivity index (χ4n) is 2.50. The van der Waals surface area contributed by atoms with Crippen LogP contribution in [0.5, 0.6) is 0 Å². The van der Waals surface area contributed by atoms with Gasteiger partial charge in [-0.2, -0.15) is 0 Å². The van der Waals surface area contributed by atoms with E-state index in [-0.39, 0.29) is 11.5 Å². The molecule has 0 bridgehead atoms. The van der Waals surface area contributed by atoms with E-state index in [4.69, 9.17) is 0 Å². The zero-order valence-electron chi connectivity index (χ0n) is 10.6. The molecule has 18 heavy (non-hydrogen) atoms. The highest BCUT2D eigenvalue weighted by molar-refractivity contribution is 7.91. The Labute approximate surface area is 108 Å². The summed E-state index contributed by atoms with van der Waals surface area (Å²) in [6.45, 7) is 3.28. The Bertz CT molecular complexity index is 550. The lowest BCUT2D eigenvalue weighted by molar-refractivity contribution is 0.586. The molecule has 98 valence electrons. The molecule has 4 nitrogen and oxygen atoms in total. The van der Waals surface area contributed by atoms with Gasteiger partial charge in [0.2, 0.25) is 0 Å². The molecular formula is C13H18N2O2S. The summed E-state index contributed by atoms with van der Waals surface area (Å²) in [7, 11) is -2.81. The molecule has 1 aromatic rings. The third-order valence-corrected chi connectivity index (χ3v) is 5.39. The maximum absolute atomic E-state index is 11.4. The summed E-state index contributed by atoms with van der Waals surface area (Å²) in [5.41, 5.74) is 3.53. The van der Waals surface area contributed by atoms with E-state index >= 15 is 0 Å². The van der Waals surface area contributed by atoms with Crippen molar-refractivity contribution in [2.45, 2.75) is 25.7 Å². The van der Waals surface area contributed by atoms with Crippen molar-refractivity contribution in [3.8, 4) is 0 Å². The van der Waals surface area contributed by atoms with Crippen LogP contribution in [0.2, 0.25) is 0 Å². The first kappa shape index (κ1) is 12.0. The summed E-state index contributed by atoms with van der Waals surface area (Å²) in [4.78, 5) is 6.68. The van der Waals surface area contributed by atoms with Crippen molar-refractivity contribution >= 4 is 15.5 Å². The monoisotopic (exact) mass is 266 g/mol. The minimum absolute atomic E-state index is 0.260. The lowest BCUT2D eigenvalue weighted by Gasteiger charge is -2.28. The lowest BCUT2D eigenvalue weighted by Crippen LogP contribution is -2.40. The molecule has 0 spiro atoms. The summed E-state index contributed by atoms with van der Waals surface area (Å²) in [5, 5.41) is 0. The van der Waals surface area contributed by atoms with Crippen LogP contribution in [0.15, 0.2) is 12.3 Å². The molecule has 2 heterocycles. The second-order valence-electron chi connectivity index (χ2n) is 5.31. The molecule has 0 radical (unpaired) electrons. The van der Waals surface area contributed by atoms with E-state index < -0.39 is 9.84 Å². The molecule has 0 amide bonds. The number of hydrogen-bond donors (Lipinski definition) is 0. The van der Waals surface area contributed by atoms with Crippen molar-refractivity contribution in [3.05, 3.63) is 23.5 Å². The first-order valence-corrected chi connectivity index (χ1v) is 8.29. The van der Waals surface area contributed by atoms with Gasteiger partial charge in [0, 0.05) is 24.7 Å². The second kappa shape index (κ2) is 4.23. The predicted octanol–water partition coefficient (Wildman–Crippen LogP) is 1.50.